The molecule has 1 nitrogen and oxygen atoms in total. The Morgan fingerprint density at radius 1 is 0.426 bits per heavy atom. The first-order chi connectivity index (χ1) is 23.2. The van der Waals surface area contributed by atoms with Crippen LogP contribution in [0.15, 0.2) is 146 Å². The van der Waals surface area contributed by atoms with E-state index in [1.54, 1.807) is 0 Å². The molecule has 0 radical (unpaired) electrons. The van der Waals surface area contributed by atoms with E-state index >= 15 is 0 Å². The second kappa shape index (κ2) is 11.1. The van der Waals surface area contributed by atoms with Gasteiger partial charge in [0.25, 0.3) is 0 Å². The molecular formula is C46H37N. The third kappa shape index (κ3) is 4.61. The largest absolute Gasteiger partial charge is 0.338 e. The van der Waals surface area contributed by atoms with Gasteiger partial charge in [0.05, 0.1) is 0 Å². The summed E-state index contributed by atoms with van der Waals surface area (Å²) in [6, 6.07) is 54.9. The van der Waals surface area contributed by atoms with Crippen molar-refractivity contribution in [2.45, 2.75) is 39.2 Å². The molecule has 0 saturated heterocycles. The molecular weight excluding hydrogens is 567 g/mol. The highest BCUT2D eigenvalue weighted by Crippen LogP contribution is 2.37. The zero-order chi connectivity index (χ0) is 31.5. The van der Waals surface area contributed by atoms with Crippen molar-refractivity contribution in [3.05, 3.63) is 168 Å². The van der Waals surface area contributed by atoms with E-state index in [1.807, 2.05) is 0 Å². The number of hydrogen-bond donors (Lipinski definition) is 0. The molecule has 0 fully saturated rings. The molecule has 0 aliphatic carbocycles. The number of benzene rings is 8. The van der Waals surface area contributed by atoms with Crippen LogP contribution in [0, 0.1) is 0 Å². The lowest BCUT2D eigenvalue weighted by Crippen LogP contribution is -2.03. The van der Waals surface area contributed by atoms with Crippen LogP contribution in [0.5, 0.6) is 0 Å². The average Bonchev–Trinajstić information content (AvgIpc) is 3.44. The summed E-state index contributed by atoms with van der Waals surface area (Å²) < 4.78 is 2.57. The zero-order valence-electron chi connectivity index (χ0n) is 27.0. The maximum atomic E-state index is 2.57. The lowest BCUT2D eigenvalue weighted by molar-refractivity contribution is 0.563. The van der Waals surface area contributed by atoms with Gasteiger partial charge in [0, 0.05) is 27.8 Å². The minimum Gasteiger partial charge on any atom is -0.338 e. The Labute approximate surface area is 275 Å². The predicted octanol–water partition coefficient (Wildman–Crippen LogP) is 12.6. The summed E-state index contributed by atoms with van der Waals surface area (Å²) in [4.78, 5) is 0. The highest BCUT2D eigenvalue weighted by atomic mass is 15.0. The summed E-state index contributed by atoms with van der Waals surface area (Å²) in [7, 11) is 0. The van der Waals surface area contributed by atoms with Crippen molar-refractivity contribution in [2.75, 3.05) is 0 Å². The van der Waals surface area contributed by atoms with E-state index < -0.39 is 0 Å². The van der Waals surface area contributed by atoms with Gasteiger partial charge in [-0.1, -0.05) is 116 Å². The lowest BCUT2D eigenvalue weighted by atomic mass is 9.91. The first kappa shape index (κ1) is 27.9. The standard InChI is InChI=1S/C46H37N/c1-3-30(2)47-45-22-20-31(24-41-37-16-8-4-12-33(37)28-34-13-5-9-17-38(34)41)26-43(45)44-27-32(21-23-46(44)47)25-42-39-18-10-6-14-35(39)29-36-15-7-11-19-40(36)42/h4-23,26-30H,3,24-25H2,1-2H3. The summed E-state index contributed by atoms with van der Waals surface area (Å²) in [6.45, 7) is 4.65. The number of rotatable bonds is 6. The molecule has 1 atom stereocenters. The summed E-state index contributed by atoms with van der Waals surface area (Å²) in [5, 5.41) is 13.3. The van der Waals surface area contributed by atoms with Crippen LogP contribution in [0.4, 0.5) is 0 Å². The maximum Gasteiger partial charge on any atom is 0.0494 e. The number of fused-ring (bicyclic) bond motifs is 7. The van der Waals surface area contributed by atoms with E-state index in [0.717, 1.165) is 19.3 Å². The van der Waals surface area contributed by atoms with Gasteiger partial charge in [0.1, 0.15) is 0 Å². The van der Waals surface area contributed by atoms with Crippen LogP contribution in [0.2, 0.25) is 0 Å². The number of hydrogen-bond acceptors (Lipinski definition) is 0. The van der Waals surface area contributed by atoms with Crippen LogP contribution in [0.3, 0.4) is 0 Å². The molecule has 226 valence electrons. The van der Waals surface area contributed by atoms with E-state index in [4.69, 9.17) is 0 Å². The average molecular weight is 604 g/mol. The second-order valence-electron chi connectivity index (χ2n) is 13.3. The predicted molar refractivity (Wildman–Crippen MR) is 203 cm³/mol. The Balaban J connectivity index is 1.22. The van der Waals surface area contributed by atoms with Gasteiger partial charge in [-0.15, -0.1) is 0 Å². The van der Waals surface area contributed by atoms with E-state index in [9.17, 15) is 0 Å². The molecule has 0 aliphatic rings. The van der Waals surface area contributed by atoms with Crippen LogP contribution < -0.4 is 0 Å². The van der Waals surface area contributed by atoms with Gasteiger partial charge in [-0.3, -0.25) is 0 Å². The van der Waals surface area contributed by atoms with Gasteiger partial charge in [0.15, 0.2) is 0 Å². The van der Waals surface area contributed by atoms with Crippen molar-refractivity contribution < 1.29 is 0 Å². The normalized spacial score (nSPS) is 12.6. The van der Waals surface area contributed by atoms with Crippen molar-refractivity contribution in [3.8, 4) is 0 Å². The zero-order valence-corrected chi connectivity index (χ0v) is 27.0. The molecule has 0 saturated carbocycles. The molecule has 47 heavy (non-hydrogen) atoms. The van der Waals surface area contributed by atoms with Crippen LogP contribution in [-0.4, -0.2) is 4.57 Å². The maximum absolute atomic E-state index is 2.57. The summed E-state index contributed by atoms with van der Waals surface area (Å²) in [6.07, 6.45) is 2.89. The molecule has 1 aromatic heterocycles. The molecule has 1 heteroatoms. The Morgan fingerprint density at radius 2 is 0.787 bits per heavy atom. The van der Waals surface area contributed by atoms with Gasteiger partial charge in [-0.2, -0.15) is 0 Å². The molecule has 0 amide bonds. The van der Waals surface area contributed by atoms with Crippen LogP contribution in [0.25, 0.3) is 64.9 Å². The van der Waals surface area contributed by atoms with Crippen LogP contribution in [0.1, 0.15) is 48.6 Å². The highest BCUT2D eigenvalue weighted by Gasteiger charge is 2.17. The summed E-state index contributed by atoms with van der Waals surface area (Å²) >= 11 is 0. The minimum absolute atomic E-state index is 0.413. The van der Waals surface area contributed by atoms with Crippen molar-refractivity contribution in [1.82, 2.24) is 4.57 Å². The fourth-order valence-corrected chi connectivity index (χ4v) is 8.03. The highest BCUT2D eigenvalue weighted by molar-refractivity contribution is 6.09. The third-order valence-electron chi connectivity index (χ3n) is 10.5. The topological polar surface area (TPSA) is 4.93 Å². The molecule has 1 heterocycles. The van der Waals surface area contributed by atoms with Gasteiger partial charge >= 0.3 is 0 Å². The molecule has 9 rings (SSSR count). The van der Waals surface area contributed by atoms with E-state index in [2.05, 4.69) is 164 Å². The van der Waals surface area contributed by atoms with E-state index in [0.29, 0.717) is 6.04 Å². The Morgan fingerprint density at radius 3 is 1.15 bits per heavy atom. The van der Waals surface area contributed by atoms with Gasteiger partial charge in [-0.25, -0.2) is 0 Å². The third-order valence-corrected chi connectivity index (χ3v) is 10.5. The van der Waals surface area contributed by atoms with Crippen molar-refractivity contribution >= 4 is 64.9 Å². The molecule has 9 aromatic rings. The summed E-state index contributed by atoms with van der Waals surface area (Å²) in [5.74, 6) is 0. The fourth-order valence-electron chi connectivity index (χ4n) is 8.03. The molecule has 0 aliphatic heterocycles. The van der Waals surface area contributed by atoms with E-state index in [1.165, 1.54) is 87.1 Å². The quantitative estimate of drug-likeness (QED) is 0.167. The summed E-state index contributed by atoms with van der Waals surface area (Å²) in [5.41, 5.74) is 8.18. The van der Waals surface area contributed by atoms with Gasteiger partial charge in [-0.05, 0) is 128 Å². The molecule has 8 aromatic carbocycles. The van der Waals surface area contributed by atoms with Gasteiger partial charge in [0.2, 0.25) is 0 Å². The van der Waals surface area contributed by atoms with Crippen molar-refractivity contribution in [3.63, 3.8) is 0 Å². The van der Waals surface area contributed by atoms with Crippen molar-refractivity contribution in [2.24, 2.45) is 0 Å². The molecule has 0 bridgehead atoms. The first-order valence-electron chi connectivity index (χ1n) is 17.0. The number of nitrogens with zero attached hydrogens (tertiary/aromatic N) is 1. The lowest BCUT2D eigenvalue weighted by Gasteiger charge is -2.16. The molecule has 0 N–H and O–H groups in total. The Bertz CT molecular complexity index is 2350. The van der Waals surface area contributed by atoms with Crippen LogP contribution in [-0.2, 0) is 12.8 Å². The second-order valence-corrected chi connectivity index (χ2v) is 13.3. The molecule has 0 spiro atoms. The SMILES string of the molecule is CCC(C)n1c2ccc(Cc3c4ccccc4cc4ccccc34)cc2c2cc(Cc3c4ccccc4cc4ccccc34)ccc21. The number of aromatic nitrogens is 1. The minimum atomic E-state index is 0.413. The first-order valence-corrected chi connectivity index (χ1v) is 17.0. The van der Waals surface area contributed by atoms with Crippen molar-refractivity contribution in [1.29, 1.82) is 0 Å². The Kier molecular flexibility index (Phi) is 6.61. The smallest absolute Gasteiger partial charge is 0.0494 e. The Hall–Kier alpha value is -5.40. The monoisotopic (exact) mass is 603 g/mol. The van der Waals surface area contributed by atoms with Gasteiger partial charge < -0.3 is 4.57 Å². The van der Waals surface area contributed by atoms with Crippen LogP contribution >= 0.6 is 0 Å². The van der Waals surface area contributed by atoms with E-state index in [-0.39, 0.29) is 0 Å². The fraction of sp³-hybridized carbons (Fsp3) is 0.130. The molecule has 1 unspecified atom stereocenters.